The summed E-state index contributed by atoms with van der Waals surface area (Å²) in [6, 6.07) is 4.11. The second-order valence-electron chi connectivity index (χ2n) is 4.20. The van der Waals surface area contributed by atoms with Crippen molar-refractivity contribution in [1.29, 1.82) is 0 Å². The third kappa shape index (κ3) is 3.39. The number of aryl methyl sites for hydroxylation is 2. The Morgan fingerprint density at radius 3 is 2.71 bits per heavy atom. The van der Waals surface area contributed by atoms with E-state index in [1.807, 2.05) is 31.0 Å². The lowest BCUT2D eigenvalue weighted by Crippen LogP contribution is -2.16. The van der Waals surface area contributed by atoms with Crippen LogP contribution in [0.3, 0.4) is 0 Å². The lowest BCUT2D eigenvalue weighted by atomic mass is 10.2. The molecule has 2 aromatic heterocycles. The van der Waals surface area contributed by atoms with Crippen molar-refractivity contribution in [3.8, 4) is 0 Å². The van der Waals surface area contributed by atoms with E-state index in [4.69, 9.17) is 0 Å². The van der Waals surface area contributed by atoms with Gasteiger partial charge in [0.1, 0.15) is 0 Å². The molecule has 0 aliphatic carbocycles. The standard InChI is InChI=1S/C13H18N4/c1-11-13(10-17(2)16-11)9-15-8-5-12-3-6-14-7-4-12/h3-4,6-7,10,15H,5,8-9H2,1-2H3. The van der Waals surface area contributed by atoms with Gasteiger partial charge in [-0.05, 0) is 37.6 Å². The molecule has 90 valence electrons. The van der Waals surface area contributed by atoms with E-state index in [2.05, 4.69) is 33.7 Å². The Hall–Kier alpha value is -1.68. The van der Waals surface area contributed by atoms with Gasteiger partial charge >= 0.3 is 0 Å². The number of rotatable bonds is 5. The Morgan fingerprint density at radius 1 is 1.29 bits per heavy atom. The molecule has 4 nitrogen and oxygen atoms in total. The highest BCUT2D eigenvalue weighted by Gasteiger charge is 2.01. The summed E-state index contributed by atoms with van der Waals surface area (Å²) in [6.07, 6.45) is 6.76. The molecule has 0 atom stereocenters. The fraction of sp³-hybridized carbons (Fsp3) is 0.385. The number of nitrogens with one attached hydrogen (secondary N) is 1. The monoisotopic (exact) mass is 230 g/mol. The van der Waals surface area contributed by atoms with E-state index in [0.29, 0.717) is 0 Å². The highest BCUT2D eigenvalue weighted by Crippen LogP contribution is 2.03. The molecule has 17 heavy (non-hydrogen) atoms. The zero-order valence-electron chi connectivity index (χ0n) is 10.3. The Morgan fingerprint density at radius 2 is 2.06 bits per heavy atom. The predicted octanol–water partition coefficient (Wildman–Crippen LogP) is 1.46. The summed E-state index contributed by atoms with van der Waals surface area (Å²) < 4.78 is 1.86. The van der Waals surface area contributed by atoms with Gasteiger partial charge in [0.05, 0.1) is 5.69 Å². The molecule has 0 aliphatic heterocycles. The van der Waals surface area contributed by atoms with E-state index in [1.165, 1.54) is 11.1 Å². The molecule has 0 saturated heterocycles. The SMILES string of the molecule is Cc1nn(C)cc1CNCCc1ccncc1. The maximum absolute atomic E-state index is 4.32. The van der Waals surface area contributed by atoms with E-state index < -0.39 is 0 Å². The van der Waals surface area contributed by atoms with Gasteiger partial charge in [0.15, 0.2) is 0 Å². The van der Waals surface area contributed by atoms with Crippen molar-refractivity contribution in [2.45, 2.75) is 19.9 Å². The van der Waals surface area contributed by atoms with E-state index in [0.717, 1.165) is 25.2 Å². The maximum atomic E-state index is 4.32. The highest BCUT2D eigenvalue weighted by molar-refractivity contribution is 5.15. The average Bonchev–Trinajstić information content (AvgIpc) is 2.65. The van der Waals surface area contributed by atoms with E-state index in [1.54, 1.807) is 0 Å². The van der Waals surface area contributed by atoms with Crippen molar-refractivity contribution < 1.29 is 0 Å². The summed E-state index contributed by atoms with van der Waals surface area (Å²) in [6.45, 7) is 3.89. The van der Waals surface area contributed by atoms with Crippen molar-refractivity contribution in [3.63, 3.8) is 0 Å². The first-order valence-electron chi connectivity index (χ1n) is 5.84. The number of hydrogen-bond acceptors (Lipinski definition) is 3. The van der Waals surface area contributed by atoms with E-state index in [-0.39, 0.29) is 0 Å². The normalized spacial score (nSPS) is 10.7. The van der Waals surface area contributed by atoms with Crippen molar-refractivity contribution >= 4 is 0 Å². The van der Waals surface area contributed by atoms with Crippen LogP contribution < -0.4 is 5.32 Å². The summed E-state index contributed by atoms with van der Waals surface area (Å²) in [5.41, 5.74) is 3.68. The minimum Gasteiger partial charge on any atom is -0.312 e. The fourth-order valence-corrected chi connectivity index (χ4v) is 1.83. The van der Waals surface area contributed by atoms with Gasteiger partial charge in [-0.15, -0.1) is 0 Å². The van der Waals surface area contributed by atoms with Crippen molar-refractivity contribution in [3.05, 3.63) is 47.5 Å². The third-order valence-electron chi connectivity index (χ3n) is 2.77. The zero-order chi connectivity index (χ0) is 12.1. The van der Waals surface area contributed by atoms with Crippen molar-refractivity contribution in [1.82, 2.24) is 20.1 Å². The predicted molar refractivity (Wildman–Crippen MR) is 67.6 cm³/mol. The van der Waals surface area contributed by atoms with Crippen LogP contribution in [0.4, 0.5) is 0 Å². The molecular weight excluding hydrogens is 212 g/mol. The number of nitrogens with zero attached hydrogens (tertiary/aromatic N) is 3. The summed E-state index contributed by atoms with van der Waals surface area (Å²) in [5, 5.41) is 7.75. The Balaban J connectivity index is 1.75. The van der Waals surface area contributed by atoms with Crippen LogP contribution in [0.15, 0.2) is 30.7 Å². The third-order valence-corrected chi connectivity index (χ3v) is 2.77. The summed E-state index contributed by atoms with van der Waals surface area (Å²) >= 11 is 0. The van der Waals surface area contributed by atoms with E-state index in [9.17, 15) is 0 Å². The number of pyridine rings is 1. The molecule has 0 aromatic carbocycles. The molecule has 2 aromatic rings. The molecule has 0 saturated carbocycles. The molecule has 0 amide bonds. The lowest BCUT2D eigenvalue weighted by molar-refractivity contribution is 0.684. The zero-order valence-corrected chi connectivity index (χ0v) is 10.3. The molecule has 0 fully saturated rings. The highest BCUT2D eigenvalue weighted by atomic mass is 15.2. The number of aromatic nitrogens is 3. The molecule has 1 N–H and O–H groups in total. The number of hydrogen-bond donors (Lipinski definition) is 1. The quantitative estimate of drug-likeness (QED) is 0.791. The Labute approximate surface area is 102 Å². The summed E-state index contributed by atoms with van der Waals surface area (Å²) in [4.78, 5) is 4.00. The van der Waals surface area contributed by atoms with Gasteiger partial charge in [-0.3, -0.25) is 9.67 Å². The Kier molecular flexibility index (Phi) is 3.88. The molecular formula is C13H18N4. The first-order chi connectivity index (χ1) is 8.25. The van der Waals surface area contributed by atoms with Crippen molar-refractivity contribution in [2.24, 2.45) is 7.05 Å². The lowest BCUT2D eigenvalue weighted by Gasteiger charge is -2.03. The molecule has 0 spiro atoms. The van der Waals surface area contributed by atoms with Gasteiger partial charge in [-0.25, -0.2) is 0 Å². The second-order valence-corrected chi connectivity index (χ2v) is 4.20. The van der Waals surface area contributed by atoms with Gasteiger partial charge in [-0.2, -0.15) is 5.10 Å². The largest absolute Gasteiger partial charge is 0.312 e. The van der Waals surface area contributed by atoms with Crippen LogP contribution in [-0.2, 0) is 20.0 Å². The van der Waals surface area contributed by atoms with Crippen LogP contribution >= 0.6 is 0 Å². The Bertz CT molecular complexity index is 462. The molecule has 0 unspecified atom stereocenters. The van der Waals surface area contributed by atoms with Crippen LogP contribution in [0.5, 0.6) is 0 Å². The smallest absolute Gasteiger partial charge is 0.0638 e. The van der Waals surface area contributed by atoms with E-state index >= 15 is 0 Å². The first kappa shape index (κ1) is 11.8. The first-order valence-corrected chi connectivity index (χ1v) is 5.84. The summed E-state index contributed by atoms with van der Waals surface area (Å²) in [7, 11) is 1.95. The topological polar surface area (TPSA) is 42.7 Å². The fourth-order valence-electron chi connectivity index (χ4n) is 1.83. The second kappa shape index (κ2) is 5.59. The molecule has 2 rings (SSSR count). The molecule has 4 heteroatoms. The summed E-state index contributed by atoms with van der Waals surface area (Å²) in [5.74, 6) is 0. The van der Waals surface area contributed by atoms with Gasteiger partial charge in [0.25, 0.3) is 0 Å². The minimum atomic E-state index is 0.880. The molecule has 2 heterocycles. The minimum absolute atomic E-state index is 0.880. The van der Waals surface area contributed by atoms with Gasteiger partial charge in [0.2, 0.25) is 0 Å². The van der Waals surface area contributed by atoms with Crippen LogP contribution in [-0.4, -0.2) is 21.3 Å². The van der Waals surface area contributed by atoms with Gasteiger partial charge in [-0.1, -0.05) is 0 Å². The van der Waals surface area contributed by atoms with Gasteiger partial charge in [0, 0.05) is 37.7 Å². The molecule has 0 aliphatic rings. The van der Waals surface area contributed by atoms with Crippen LogP contribution in [0.25, 0.3) is 0 Å². The van der Waals surface area contributed by atoms with Crippen LogP contribution in [0, 0.1) is 6.92 Å². The van der Waals surface area contributed by atoms with Gasteiger partial charge < -0.3 is 5.32 Å². The molecule has 0 radical (unpaired) electrons. The molecule has 0 bridgehead atoms. The maximum Gasteiger partial charge on any atom is 0.0638 e. The van der Waals surface area contributed by atoms with Crippen LogP contribution in [0.1, 0.15) is 16.8 Å². The van der Waals surface area contributed by atoms with Crippen molar-refractivity contribution in [2.75, 3.05) is 6.54 Å². The average molecular weight is 230 g/mol. The van der Waals surface area contributed by atoms with Crippen LogP contribution in [0.2, 0.25) is 0 Å².